The Morgan fingerprint density at radius 1 is 0.967 bits per heavy atom. The molecule has 8 nitrogen and oxygen atoms in total. The molecule has 0 spiro atoms. The number of nitrogens with one attached hydrogen (secondary N) is 3. The van der Waals surface area contributed by atoms with Gasteiger partial charge in [-0.2, -0.15) is 10.2 Å². The number of pyridine rings is 1. The number of fused-ring (bicyclic) bond motifs is 2. The van der Waals surface area contributed by atoms with Crippen molar-refractivity contribution in [2.24, 2.45) is 0 Å². The zero-order valence-corrected chi connectivity index (χ0v) is 16.9. The minimum Gasteiger partial charge on any atom is -0.284 e. The molecule has 0 aliphatic carbocycles. The smallest absolute Gasteiger partial charge is 0.229 e. The summed E-state index contributed by atoms with van der Waals surface area (Å²) in [5.41, 5.74) is 5.97. The molecule has 0 unspecified atom stereocenters. The van der Waals surface area contributed by atoms with Gasteiger partial charge in [-0.05, 0) is 41.0 Å². The van der Waals surface area contributed by atoms with Crippen molar-refractivity contribution in [3.05, 3.63) is 72.2 Å². The van der Waals surface area contributed by atoms with Crippen molar-refractivity contribution in [3.8, 4) is 11.1 Å². The van der Waals surface area contributed by atoms with Crippen LogP contribution < -0.4 is 4.72 Å². The Bertz CT molecular complexity index is 1490. The van der Waals surface area contributed by atoms with E-state index in [9.17, 15) is 8.42 Å². The first kappa shape index (κ1) is 18.3. The Kier molecular flexibility index (Phi) is 4.25. The minimum absolute atomic E-state index is 0.508. The zero-order valence-electron chi connectivity index (χ0n) is 16.0. The van der Waals surface area contributed by atoms with E-state index in [1.165, 1.54) is 0 Å². The fourth-order valence-electron chi connectivity index (χ4n) is 3.65. The molecule has 0 radical (unpaired) electrons. The summed E-state index contributed by atoms with van der Waals surface area (Å²) >= 11 is 0. The highest BCUT2D eigenvalue weighted by Crippen LogP contribution is 2.31. The van der Waals surface area contributed by atoms with Crippen LogP contribution in [0.1, 0.15) is 11.3 Å². The van der Waals surface area contributed by atoms with E-state index < -0.39 is 10.0 Å². The van der Waals surface area contributed by atoms with Gasteiger partial charge in [-0.3, -0.25) is 14.9 Å². The maximum absolute atomic E-state index is 11.6. The van der Waals surface area contributed by atoms with Crippen LogP contribution in [0.3, 0.4) is 0 Å². The van der Waals surface area contributed by atoms with Crippen molar-refractivity contribution >= 4 is 37.6 Å². The molecule has 150 valence electrons. The Morgan fingerprint density at radius 2 is 1.77 bits per heavy atom. The summed E-state index contributed by atoms with van der Waals surface area (Å²) in [6, 6.07) is 15.4. The molecular formula is C21H18N6O2S. The standard InChI is InChI=1S/C21H18N6O2S/c1-30(28,29)27-15-6-2-4-13(8-15)17-10-16(24-21-19(17)12-23-26-21)9-14-5-3-7-20-18(14)11-22-25-20/h2-8,10-12,27H,9H2,1H3,(H,22,25)(H,23,24,26). The van der Waals surface area contributed by atoms with E-state index in [2.05, 4.69) is 31.2 Å². The molecule has 0 saturated carbocycles. The Labute approximate surface area is 172 Å². The Hall–Kier alpha value is -3.72. The molecule has 0 atom stereocenters. The lowest BCUT2D eigenvalue weighted by Crippen LogP contribution is -2.09. The molecule has 30 heavy (non-hydrogen) atoms. The Balaban J connectivity index is 1.60. The van der Waals surface area contributed by atoms with E-state index in [0.29, 0.717) is 17.8 Å². The third-order valence-electron chi connectivity index (χ3n) is 4.90. The number of hydrogen-bond donors (Lipinski definition) is 3. The first-order valence-electron chi connectivity index (χ1n) is 9.28. The molecule has 0 fully saturated rings. The molecule has 5 rings (SSSR count). The predicted molar refractivity (Wildman–Crippen MR) is 117 cm³/mol. The second-order valence-electron chi connectivity index (χ2n) is 7.17. The van der Waals surface area contributed by atoms with Crippen LogP contribution in [0.25, 0.3) is 33.1 Å². The van der Waals surface area contributed by atoms with Crippen molar-refractivity contribution in [2.45, 2.75) is 6.42 Å². The lowest BCUT2D eigenvalue weighted by atomic mass is 9.99. The van der Waals surface area contributed by atoms with Crippen LogP contribution in [0, 0.1) is 0 Å². The monoisotopic (exact) mass is 418 g/mol. The van der Waals surface area contributed by atoms with Gasteiger partial charge in [0.15, 0.2) is 5.65 Å². The van der Waals surface area contributed by atoms with Gasteiger partial charge in [-0.15, -0.1) is 0 Å². The average molecular weight is 418 g/mol. The predicted octanol–water partition coefficient (Wildman–Crippen LogP) is 3.46. The van der Waals surface area contributed by atoms with Gasteiger partial charge in [-0.1, -0.05) is 24.3 Å². The molecule has 0 amide bonds. The van der Waals surface area contributed by atoms with Gasteiger partial charge in [0, 0.05) is 28.6 Å². The number of aromatic amines is 2. The van der Waals surface area contributed by atoms with Crippen LogP contribution >= 0.6 is 0 Å². The van der Waals surface area contributed by atoms with Crippen LogP contribution in [0.2, 0.25) is 0 Å². The van der Waals surface area contributed by atoms with Crippen molar-refractivity contribution < 1.29 is 8.42 Å². The van der Waals surface area contributed by atoms with Gasteiger partial charge in [0.2, 0.25) is 10.0 Å². The molecule has 3 heterocycles. The van der Waals surface area contributed by atoms with E-state index in [4.69, 9.17) is 4.98 Å². The highest BCUT2D eigenvalue weighted by atomic mass is 32.2. The van der Waals surface area contributed by atoms with Crippen LogP contribution in [-0.2, 0) is 16.4 Å². The molecule has 0 bridgehead atoms. The first-order valence-corrected chi connectivity index (χ1v) is 11.2. The summed E-state index contributed by atoms with van der Waals surface area (Å²) in [6.45, 7) is 0. The minimum atomic E-state index is -3.36. The second-order valence-corrected chi connectivity index (χ2v) is 8.92. The maximum Gasteiger partial charge on any atom is 0.229 e. The van der Waals surface area contributed by atoms with Crippen LogP contribution in [0.15, 0.2) is 60.9 Å². The highest BCUT2D eigenvalue weighted by molar-refractivity contribution is 7.92. The first-order chi connectivity index (χ1) is 14.5. The summed E-state index contributed by atoms with van der Waals surface area (Å²) in [4.78, 5) is 4.73. The van der Waals surface area contributed by atoms with Crippen LogP contribution in [0.4, 0.5) is 5.69 Å². The maximum atomic E-state index is 11.6. The fraction of sp³-hybridized carbons (Fsp3) is 0.0952. The summed E-state index contributed by atoms with van der Waals surface area (Å²) in [6.07, 6.45) is 5.31. The normalized spacial score (nSPS) is 11.9. The number of H-pyrrole nitrogens is 2. The number of benzene rings is 2. The average Bonchev–Trinajstić information content (AvgIpc) is 3.36. The largest absolute Gasteiger partial charge is 0.284 e. The number of aromatic nitrogens is 5. The van der Waals surface area contributed by atoms with Gasteiger partial charge in [0.05, 0.1) is 24.2 Å². The van der Waals surface area contributed by atoms with Gasteiger partial charge >= 0.3 is 0 Å². The Morgan fingerprint density at radius 3 is 2.63 bits per heavy atom. The van der Waals surface area contributed by atoms with Crippen molar-refractivity contribution in [2.75, 3.05) is 11.0 Å². The van der Waals surface area contributed by atoms with Gasteiger partial charge < -0.3 is 0 Å². The van der Waals surface area contributed by atoms with Gasteiger partial charge in [0.1, 0.15) is 0 Å². The molecule has 0 aliphatic heterocycles. The summed E-state index contributed by atoms with van der Waals surface area (Å²) in [5.74, 6) is 0. The molecule has 3 N–H and O–H groups in total. The molecular weight excluding hydrogens is 400 g/mol. The molecule has 5 aromatic rings. The number of sulfonamides is 1. The molecule has 0 saturated heterocycles. The third kappa shape index (κ3) is 3.50. The van der Waals surface area contributed by atoms with E-state index in [1.54, 1.807) is 12.3 Å². The lowest BCUT2D eigenvalue weighted by Gasteiger charge is -2.10. The SMILES string of the molecule is CS(=O)(=O)Nc1cccc(-c2cc(Cc3cccc4[nH]ncc34)nc3[nH]ncc23)c1. The summed E-state index contributed by atoms with van der Waals surface area (Å²) in [5, 5.41) is 16.1. The molecule has 0 aliphatic rings. The second kappa shape index (κ2) is 6.96. The van der Waals surface area contributed by atoms with Gasteiger partial charge in [-0.25, -0.2) is 13.4 Å². The zero-order chi connectivity index (χ0) is 20.7. The van der Waals surface area contributed by atoms with Crippen molar-refractivity contribution in [1.82, 2.24) is 25.4 Å². The van der Waals surface area contributed by atoms with E-state index in [1.807, 2.05) is 42.6 Å². The van der Waals surface area contributed by atoms with Crippen LogP contribution in [-0.4, -0.2) is 40.1 Å². The van der Waals surface area contributed by atoms with Crippen LogP contribution in [0.5, 0.6) is 0 Å². The number of hydrogen-bond acceptors (Lipinski definition) is 5. The van der Waals surface area contributed by atoms with E-state index in [0.717, 1.165) is 44.9 Å². The van der Waals surface area contributed by atoms with Crippen molar-refractivity contribution in [1.29, 1.82) is 0 Å². The van der Waals surface area contributed by atoms with Crippen molar-refractivity contribution in [3.63, 3.8) is 0 Å². The quantitative estimate of drug-likeness (QED) is 0.404. The molecule has 9 heteroatoms. The van der Waals surface area contributed by atoms with E-state index >= 15 is 0 Å². The number of anilines is 1. The van der Waals surface area contributed by atoms with Gasteiger partial charge in [0.25, 0.3) is 0 Å². The topological polar surface area (TPSA) is 116 Å². The number of rotatable bonds is 5. The molecule has 3 aromatic heterocycles. The number of nitrogens with zero attached hydrogens (tertiary/aromatic N) is 3. The fourth-order valence-corrected chi connectivity index (χ4v) is 4.21. The lowest BCUT2D eigenvalue weighted by molar-refractivity contribution is 0.607. The summed E-state index contributed by atoms with van der Waals surface area (Å²) in [7, 11) is -3.36. The third-order valence-corrected chi connectivity index (χ3v) is 5.51. The van der Waals surface area contributed by atoms with E-state index in [-0.39, 0.29) is 0 Å². The highest BCUT2D eigenvalue weighted by Gasteiger charge is 2.13. The molecule has 2 aromatic carbocycles. The summed E-state index contributed by atoms with van der Waals surface area (Å²) < 4.78 is 25.8.